The molecule has 0 aromatic heterocycles. The highest BCUT2D eigenvalue weighted by Gasteiger charge is 2.20. The van der Waals surface area contributed by atoms with Crippen LogP contribution >= 0.6 is 0 Å². The van der Waals surface area contributed by atoms with Gasteiger partial charge in [0.25, 0.3) is 0 Å². The van der Waals surface area contributed by atoms with Crippen LogP contribution in [0.5, 0.6) is 0 Å². The minimum absolute atomic E-state index is 0.152. The Morgan fingerprint density at radius 3 is 2.77 bits per heavy atom. The van der Waals surface area contributed by atoms with Crippen molar-refractivity contribution in [2.24, 2.45) is 11.7 Å². The van der Waals surface area contributed by atoms with Crippen molar-refractivity contribution in [1.29, 1.82) is 0 Å². The highest BCUT2D eigenvalue weighted by atomic mass is 16.5. The van der Waals surface area contributed by atoms with Crippen molar-refractivity contribution in [1.82, 2.24) is 0 Å². The summed E-state index contributed by atoms with van der Waals surface area (Å²) < 4.78 is 4.58. The van der Waals surface area contributed by atoms with E-state index in [0.717, 1.165) is 12.8 Å². The van der Waals surface area contributed by atoms with Crippen LogP contribution in [0, 0.1) is 18.3 Å². The molecular formula is C10H17NO2. The monoisotopic (exact) mass is 183 g/mol. The Balaban J connectivity index is 3.76. The van der Waals surface area contributed by atoms with E-state index < -0.39 is 0 Å². The molecule has 0 saturated heterocycles. The van der Waals surface area contributed by atoms with Gasteiger partial charge in [0.2, 0.25) is 0 Å². The highest BCUT2D eigenvalue weighted by molar-refractivity contribution is 5.72. The van der Waals surface area contributed by atoms with Gasteiger partial charge in [-0.1, -0.05) is 6.92 Å². The number of unbranched alkanes of at least 4 members (excludes halogenated alkanes) is 1. The smallest absolute Gasteiger partial charge is 0.309 e. The van der Waals surface area contributed by atoms with E-state index in [1.165, 1.54) is 7.11 Å². The minimum atomic E-state index is -0.256. The fourth-order valence-corrected chi connectivity index (χ4v) is 1.05. The fraction of sp³-hybridized carbons (Fsp3) is 0.700. The second-order valence-electron chi connectivity index (χ2n) is 3.07. The second-order valence-corrected chi connectivity index (χ2v) is 3.07. The second kappa shape index (κ2) is 6.50. The number of carbonyl (C=O) groups is 1. The van der Waals surface area contributed by atoms with Crippen LogP contribution < -0.4 is 5.73 Å². The van der Waals surface area contributed by atoms with Crippen LogP contribution in [0.2, 0.25) is 0 Å². The Morgan fingerprint density at radius 1 is 1.69 bits per heavy atom. The number of rotatable bonds is 5. The molecular weight excluding hydrogens is 166 g/mol. The lowest BCUT2D eigenvalue weighted by Crippen LogP contribution is -2.34. The molecule has 0 heterocycles. The first-order valence-corrected chi connectivity index (χ1v) is 4.40. The zero-order chi connectivity index (χ0) is 10.3. The van der Waals surface area contributed by atoms with E-state index in [1.54, 1.807) is 6.92 Å². The maximum absolute atomic E-state index is 11.0. The summed E-state index contributed by atoms with van der Waals surface area (Å²) in [4.78, 5) is 11.0. The van der Waals surface area contributed by atoms with E-state index in [9.17, 15) is 4.79 Å². The average Bonchev–Trinajstić information content (AvgIpc) is 2.15. The van der Waals surface area contributed by atoms with Crippen molar-refractivity contribution in [3.63, 3.8) is 0 Å². The molecule has 0 amide bonds. The van der Waals surface area contributed by atoms with E-state index in [-0.39, 0.29) is 17.9 Å². The number of hydrogen-bond acceptors (Lipinski definition) is 3. The summed E-state index contributed by atoms with van der Waals surface area (Å²) >= 11 is 0. The molecule has 0 unspecified atom stereocenters. The lowest BCUT2D eigenvalue weighted by atomic mass is 9.98. The molecule has 0 saturated carbocycles. The molecule has 3 nitrogen and oxygen atoms in total. The van der Waals surface area contributed by atoms with Crippen molar-refractivity contribution in [2.75, 3.05) is 7.11 Å². The van der Waals surface area contributed by atoms with E-state index in [4.69, 9.17) is 12.2 Å². The zero-order valence-corrected chi connectivity index (χ0v) is 8.25. The molecule has 0 spiro atoms. The lowest BCUT2D eigenvalue weighted by molar-refractivity contribution is -0.145. The first-order chi connectivity index (χ1) is 6.13. The average molecular weight is 183 g/mol. The van der Waals surface area contributed by atoms with Gasteiger partial charge in [-0.05, 0) is 12.8 Å². The van der Waals surface area contributed by atoms with Crippen LogP contribution in [-0.2, 0) is 9.53 Å². The van der Waals surface area contributed by atoms with E-state index in [1.807, 2.05) is 0 Å². The first kappa shape index (κ1) is 12.0. The number of nitrogens with two attached hydrogens (primary N) is 1. The summed E-state index contributed by atoms with van der Waals surface area (Å²) in [5, 5.41) is 0. The summed E-state index contributed by atoms with van der Waals surface area (Å²) in [6, 6.07) is -0.152. The molecule has 0 fully saturated rings. The van der Waals surface area contributed by atoms with Gasteiger partial charge in [0.1, 0.15) is 0 Å². The van der Waals surface area contributed by atoms with Crippen molar-refractivity contribution in [3.05, 3.63) is 0 Å². The Labute approximate surface area is 79.6 Å². The predicted molar refractivity (Wildman–Crippen MR) is 51.8 cm³/mol. The molecule has 0 aromatic carbocycles. The van der Waals surface area contributed by atoms with E-state index in [0.29, 0.717) is 6.42 Å². The summed E-state index contributed by atoms with van der Waals surface area (Å²) in [6.45, 7) is 1.77. The van der Waals surface area contributed by atoms with Crippen LogP contribution in [0.1, 0.15) is 26.2 Å². The van der Waals surface area contributed by atoms with Crippen LogP contribution in [0.3, 0.4) is 0 Å². The molecule has 0 aliphatic rings. The normalized spacial score (nSPS) is 14.3. The van der Waals surface area contributed by atoms with Crippen LogP contribution in [0.4, 0.5) is 0 Å². The van der Waals surface area contributed by atoms with Crippen molar-refractivity contribution in [2.45, 2.75) is 32.2 Å². The van der Waals surface area contributed by atoms with Gasteiger partial charge in [0.05, 0.1) is 13.0 Å². The SMILES string of the molecule is C#CCCC[C@H](N)[C@H](C)C(=O)OC. The molecule has 0 bridgehead atoms. The Hall–Kier alpha value is -1.01. The van der Waals surface area contributed by atoms with Gasteiger partial charge in [-0.2, -0.15) is 0 Å². The Bertz CT molecular complexity index is 196. The topological polar surface area (TPSA) is 52.3 Å². The molecule has 74 valence electrons. The first-order valence-electron chi connectivity index (χ1n) is 4.40. The number of ether oxygens (including phenoxy) is 1. The molecule has 0 aromatic rings. The molecule has 0 radical (unpaired) electrons. The van der Waals surface area contributed by atoms with E-state index in [2.05, 4.69) is 10.7 Å². The zero-order valence-electron chi connectivity index (χ0n) is 8.25. The molecule has 13 heavy (non-hydrogen) atoms. The standard InChI is InChI=1S/C10H17NO2/c1-4-5-6-7-9(11)8(2)10(12)13-3/h1,8-9H,5-7,11H2,2-3H3/t8-,9-/m0/s1. The quantitative estimate of drug-likeness (QED) is 0.392. The summed E-state index contributed by atoms with van der Waals surface area (Å²) in [7, 11) is 1.37. The summed E-state index contributed by atoms with van der Waals surface area (Å²) in [5.41, 5.74) is 5.77. The van der Waals surface area contributed by atoms with Gasteiger partial charge in [-0.25, -0.2) is 0 Å². The molecule has 0 aliphatic carbocycles. The van der Waals surface area contributed by atoms with Crippen molar-refractivity contribution >= 4 is 5.97 Å². The largest absolute Gasteiger partial charge is 0.469 e. The third kappa shape index (κ3) is 4.54. The molecule has 0 rings (SSSR count). The predicted octanol–water partition coefficient (Wildman–Crippen LogP) is 0.926. The van der Waals surface area contributed by atoms with Gasteiger partial charge < -0.3 is 10.5 Å². The van der Waals surface area contributed by atoms with Crippen molar-refractivity contribution < 1.29 is 9.53 Å². The molecule has 3 heteroatoms. The maximum atomic E-state index is 11.0. The number of carbonyl (C=O) groups excluding carboxylic acids is 1. The van der Waals surface area contributed by atoms with Crippen molar-refractivity contribution in [3.8, 4) is 12.3 Å². The Kier molecular flexibility index (Phi) is 5.99. The fourth-order valence-electron chi connectivity index (χ4n) is 1.05. The van der Waals surface area contributed by atoms with Crippen LogP contribution in [0.25, 0.3) is 0 Å². The van der Waals surface area contributed by atoms with E-state index >= 15 is 0 Å². The summed E-state index contributed by atoms with van der Waals surface area (Å²) in [5.74, 6) is 2.03. The highest BCUT2D eigenvalue weighted by Crippen LogP contribution is 2.09. The van der Waals surface area contributed by atoms with Gasteiger partial charge in [0.15, 0.2) is 0 Å². The minimum Gasteiger partial charge on any atom is -0.469 e. The summed E-state index contributed by atoms with van der Waals surface area (Å²) in [6.07, 6.45) is 7.43. The molecule has 2 N–H and O–H groups in total. The van der Waals surface area contributed by atoms with Gasteiger partial charge in [-0.15, -0.1) is 12.3 Å². The number of terminal acetylenes is 1. The van der Waals surface area contributed by atoms with Crippen LogP contribution in [0.15, 0.2) is 0 Å². The molecule has 2 atom stereocenters. The van der Waals surface area contributed by atoms with Gasteiger partial charge in [-0.3, -0.25) is 4.79 Å². The number of methoxy groups -OCH3 is 1. The Morgan fingerprint density at radius 2 is 2.31 bits per heavy atom. The van der Waals surface area contributed by atoms with Gasteiger partial charge >= 0.3 is 5.97 Å². The maximum Gasteiger partial charge on any atom is 0.309 e. The number of hydrogen-bond donors (Lipinski definition) is 1. The third-order valence-corrected chi connectivity index (χ3v) is 2.07. The lowest BCUT2D eigenvalue weighted by Gasteiger charge is -2.16. The molecule has 0 aliphatic heterocycles. The third-order valence-electron chi connectivity index (χ3n) is 2.07. The van der Waals surface area contributed by atoms with Crippen LogP contribution in [-0.4, -0.2) is 19.1 Å². The number of esters is 1. The van der Waals surface area contributed by atoms with Gasteiger partial charge in [0, 0.05) is 12.5 Å².